The van der Waals surface area contributed by atoms with Gasteiger partial charge in [-0.05, 0) is 49.3 Å². The first-order chi connectivity index (χ1) is 17.6. The summed E-state index contributed by atoms with van der Waals surface area (Å²) in [4.78, 5) is 12.5. The molecular weight excluding hydrogens is 473 g/mol. The fraction of sp³-hybridized carbons (Fsp3) is 0.719. The molecule has 0 heterocycles. The number of benzene rings is 1. The Morgan fingerprint density at radius 2 is 1.24 bits per heavy atom. The van der Waals surface area contributed by atoms with Gasteiger partial charge in [0.05, 0.1) is 5.92 Å². The molecule has 5 heteroatoms. The van der Waals surface area contributed by atoms with Crippen LogP contribution in [0.1, 0.15) is 141 Å². The molecule has 0 radical (unpaired) electrons. The Morgan fingerprint density at radius 3 is 1.68 bits per heavy atom. The number of unbranched alkanes of at least 4 members (excludes halogenated alkanes) is 14. The van der Waals surface area contributed by atoms with E-state index in [0.29, 0.717) is 17.9 Å². The Labute approximate surface area is 224 Å². The lowest BCUT2D eigenvalue weighted by atomic mass is 9.97. The number of hydrogen-bond acceptors (Lipinski definition) is 2. The van der Waals surface area contributed by atoms with E-state index in [2.05, 4.69) is 20.8 Å². The molecule has 1 unspecified atom stereocenters. The predicted octanol–water partition coefficient (Wildman–Crippen LogP) is 10.8. The van der Waals surface area contributed by atoms with Gasteiger partial charge in [0.25, 0.3) is 0 Å². The number of carbonyl (C=O) groups excluding carboxylic acids is 1. The second kappa shape index (κ2) is 19.3. The largest absolute Gasteiger partial charge is 0.449 e. The summed E-state index contributed by atoms with van der Waals surface area (Å²) in [5, 5.41) is 0. The molecule has 0 saturated heterocycles. The summed E-state index contributed by atoms with van der Waals surface area (Å²) < 4.78 is 45.2. The maximum atomic E-state index is 13.5. The molecule has 0 aromatic heterocycles. The van der Waals surface area contributed by atoms with Crippen LogP contribution < -0.4 is 0 Å². The first-order valence-electron chi connectivity index (χ1n) is 14.7. The number of carbonyl (C=O) groups is 1. The zero-order chi connectivity index (χ0) is 27.5. The molecule has 0 N–H and O–H groups in total. The molecule has 0 bridgehead atoms. The Balaban J connectivity index is 2.30. The topological polar surface area (TPSA) is 26.3 Å². The molecule has 0 aliphatic heterocycles. The molecule has 0 spiro atoms. The lowest BCUT2D eigenvalue weighted by molar-refractivity contribution is -0.161. The molecule has 0 aliphatic carbocycles. The Hall–Kier alpha value is -1.78. The van der Waals surface area contributed by atoms with Crippen LogP contribution in [0.15, 0.2) is 36.1 Å². The van der Waals surface area contributed by atoms with Gasteiger partial charge in [0.15, 0.2) is 0 Å². The summed E-state index contributed by atoms with van der Waals surface area (Å²) >= 11 is 0. The Morgan fingerprint density at radius 1 is 0.784 bits per heavy atom. The molecule has 0 aliphatic rings. The molecule has 212 valence electrons. The van der Waals surface area contributed by atoms with Crippen molar-refractivity contribution in [3.63, 3.8) is 0 Å². The van der Waals surface area contributed by atoms with Crippen molar-refractivity contribution in [3.8, 4) is 0 Å². The third-order valence-corrected chi connectivity index (χ3v) is 6.85. The van der Waals surface area contributed by atoms with Gasteiger partial charge < -0.3 is 4.74 Å². The average Bonchev–Trinajstić information content (AvgIpc) is 2.84. The highest BCUT2D eigenvalue weighted by Gasteiger charge is 2.38. The monoisotopic (exact) mass is 524 g/mol. The maximum absolute atomic E-state index is 13.5. The second-order valence-electron chi connectivity index (χ2n) is 10.9. The van der Waals surface area contributed by atoms with E-state index in [-0.39, 0.29) is 6.42 Å². The van der Waals surface area contributed by atoms with E-state index < -0.39 is 23.8 Å². The number of halogens is 3. The van der Waals surface area contributed by atoms with Gasteiger partial charge in [0.1, 0.15) is 0 Å². The minimum atomic E-state index is -4.67. The van der Waals surface area contributed by atoms with Crippen molar-refractivity contribution >= 4 is 5.97 Å². The van der Waals surface area contributed by atoms with Crippen LogP contribution in [-0.2, 0) is 16.0 Å². The highest BCUT2D eigenvalue weighted by molar-refractivity contribution is 5.78. The van der Waals surface area contributed by atoms with Crippen LogP contribution in [-0.4, -0.2) is 12.1 Å². The smallest absolute Gasteiger partial charge is 0.421 e. The van der Waals surface area contributed by atoms with Gasteiger partial charge in [-0.15, -0.1) is 0 Å². The number of esters is 1. The first kappa shape index (κ1) is 33.2. The summed E-state index contributed by atoms with van der Waals surface area (Å²) in [6.45, 7) is 8.07. The maximum Gasteiger partial charge on any atom is 0.449 e. The van der Waals surface area contributed by atoms with E-state index in [0.717, 1.165) is 37.3 Å². The van der Waals surface area contributed by atoms with Gasteiger partial charge in [-0.3, -0.25) is 4.79 Å². The van der Waals surface area contributed by atoms with E-state index in [9.17, 15) is 18.0 Å². The van der Waals surface area contributed by atoms with Crippen molar-refractivity contribution in [2.45, 2.75) is 143 Å². The van der Waals surface area contributed by atoms with Crippen LogP contribution in [0.5, 0.6) is 0 Å². The van der Waals surface area contributed by atoms with Crippen LogP contribution in [0.25, 0.3) is 0 Å². The van der Waals surface area contributed by atoms with Crippen LogP contribution >= 0.6 is 0 Å². The van der Waals surface area contributed by atoms with Gasteiger partial charge in [-0.1, -0.05) is 129 Å². The van der Waals surface area contributed by atoms with Crippen molar-refractivity contribution in [1.29, 1.82) is 0 Å². The third-order valence-electron chi connectivity index (χ3n) is 6.85. The van der Waals surface area contributed by atoms with Crippen molar-refractivity contribution in [2.24, 2.45) is 5.92 Å². The molecule has 0 fully saturated rings. The van der Waals surface area contributed by atoms with Crippen LogP contribution in [0, 0.1) is 5.92 Å². The van der Waals surface area contributed by atoms with Gasteiger partial charge in [-0.25, -0.2) is 0 Å². The SMILES string of the molecule is CCCCCCCCCCCCCCCC/C=C(/OC(=O)C(C)c1ccc(CC(C)C)cc1)C(F)(F)F. The lowest BCUT2D eigenvalue weighted by Gasteiger charge is -2.16. The first-order valence-corrected chi connectivity index (χ1v) is 14.7. The van der Waals surface area contributed by atoms with E-state index in [1.807, 2.05) is 12.1 Å². The summed E-state index contributed by atoms with van der Waals surface area (Å²) in [7, 11) is 0. The second-order valence-corrected chi connectivity index (χ2v) is 10.9. The molecule has 0 saturated carbocycles. The van der Waals surface area contributed by atoms with E-state index in [1.54, 1.807) is 19.1 Å². The highest BCUT2D eigenvalue weighted by atomic mass is 19.4. The number of ether oxygens (including phenoxy) is 1. The molecule has 1 rings (SSSR count). The van der Waals surface area contributed by atoms with E-state index in [1.165, 1.54) is 64.2 Å². The highest BCUT2D eigenvalue weighted by Crippen LogP contribution is 2.30. The molecule has 1 aromatic carbocycles. The Bertz CT molecular complexity index is 750. The number of hydrogen-bond donors (Lipinski definition) is 0. The van der Waals surface area contributed by atoms with Gasteiger partial charge in [0, 0.05) is 0 Å². The molecule has 2 nitrogen and oxygen atoms in total. The zero-order valence-corrected chi connectivity index (χ0v) is 23.8. The Kier molecular flexibility index (Phi) is 17.4. The van der Waals surface area contributed by atoms with Crippen molar-refractivity contribution in [1.82, 2.24) is 0 Å². The molecule has 1 aromatic rings. The van der Waals surface area contributed by atoms with Crippen LogP contribution in [0.3, 0.4) is 0 Å². The van der Waals surface area contributed by atoms with Gasteiger partial charge >= 0.3 is 12.1 Å². The average molecular weight is 525 g/mol. The summed E-state index contributed by atoms with van der Waals surface area (Å²) in [5.74, 6) is -2.32. The fourth-order valence-corrected chi connectivity index (χ4v) is 4.53. The molecule has 1 atom stereocenters. The van der Waals surface area contributed by atoms with E-state index in [4.69, 9.17) is 4.74 Å². The number of alkyl halides is 3. The molecule has 0 amide bonds. The fourth-order valence-electron chi connectivity index (χ4n) is 4.53. The van der Waals surface area contributed by atoms with Crippen molar-refractivity contribution in [3.05, 3.63) is 47.2 Å². The van der Waals surface area contributed by atoms with Crippen LogP contribution in [0.4, 0.5) is 13.2 Å². The minimum absolute atomic E-state index is 0.262. The van der Waals surface area contributed by atoms with Gasteiger partial charge in [-0.2, -0.15) is 13.2 Å². The zero-order valence-electron chi connectivity index (χ0n) is 23.8. The molecular formula is C32H51F3O2. The van der Waals surface area contributed by atoms with Crippen molar-refractivity contribution in [2.75, 3.05) is 0 Å². The summed E-state index contributed by atoms with van der Waals surface area (Å²) in [5.41, 5.74) is 1.80. The van der Waals surface area contributed by atoms with E-state index >= 15 is 0 Å². The van der Waals surface area contributed by atoms with Crippen molar-refractivity contribution < 1.29 is 22.7 Å². The summed E-state index contributed by atoms with van der Waals surface area (Å²) in [6.07, 6.45) is 14.4. The third kappa shape index (κ3) is 15.9. The normalized spacial score (nSPS) is 13.2. The predicted molar refractivity (Wildman–Crippen MR) is 149 cm³/mol. The number of allylic oxidation sites excluding steroid dienone is 2. The minimum Gasteiger partial charge on any atom is -0.421 e. The van der Waals surface area contributed by atoms with Crippen LogP contribution in [0.2, 0.25) is 0 Å². The molecule has 37 heavy (non-hydrogen) atoms. The summed E-state index contributed by atoms with van der Waals surface area (Å²) in [6, 6.07) is 7.45. The quantitative estimate of drug-likeness (QED) is 0.0963. The lowest BCUT2D eigenvalue weighted by Crippen LogP contribution is -2.21. The van der Waals surface area contributed by atoms with Gasteiger partial charge in [0.2, 0.25) is 5.76 Å². The standard InChI is InChI=1S/C32H51F3O2/c1-5-6-7-8-9-10-11-12-13-14-15-16-17-18-19-20-30(32(33,34)35)37-31(36)27(4)29-23-21-28(22-24-29)25-26(2)3/h20-24,26-27H,5-19,25H2,1-4H3/b30-20+. The number of rotatable bonds is 20.